The molecule has 0 atom stereocenters. The quantitative estimate of drug-likeness (QED) is 0.756. The van der Waals surface area contributed by atoms with Crippen LogP contribution >= 0.6 is 11.8 Å². The van der Waals surface area contributed by atoms with Crippen LogP contribution in [0.2, 0.25) is 0 Å². The highest BCUT2D eigenvalue weighted by Crippen LogP contribution is 2.21. The third-order valence-electron chi connectivity index (χ3n) is 2.01. The SMILES string of the molecule is N#Cc1ncccc1CSc1ccccn1. The summed E-state index contributed by atoms with van der Waals surface area (Å²) in [6.07, 6.45) is 3.39. The van der Waals surface area contributed by atoms with Gasteiger partial charge in [-0.25, -0.2) is 9.97 Å². The Balaban J connectivity index is 2.09. The summed E-state index contributed by atoms with van der Waals surface area (Å²) >= 11 is 1.60. The maximum Gasteiger partial charge on any atom is 0.144 e. The third-order valence-corrected chi connectivity index (χ3v) is 3.00. The maximum absolute atomic E-state index is 8.88. The first-order valence-electron chi connectivity index (χ1n) is 4.78. The van der Waals surface area contributed by atoms with Crippen molar-refractivity contribution in [3.05, 3.63) is 54.0 Å². The molecule has 0 amide bonds. The van der Waals surface area contributed by atoms with E-state index in [1.807, 2.05) is 30.3 Å². The molecule has 0 aliphatic rings. The van der Waals surface area contributed by atoms with Crippen LogP contribution in [0.5, 0.6) is 0 Å². The van der Waals surface area contributed by atoms with E-state index in [4.69, 9.17) is 5.26 Å². The van der Waals surface area contributed by atoms with Crippen LogP contribution in [0.15, 0.2) is 47.8 Å². The van der Waals surface area contributed by atoms with E-state index >= 15 is 0 Å². The van der Waals surface area contributed by atoms with E-state index < -0.39 is 0 Å². The van der Waals surface area contributed by atoms with Gasteiger partial charge in [0.25, 0.3) is 0 Å². The second kappa shape index (κ2) is 5.29. The minimum absolute atomic E-state index is 0.492. The van der Waals surface area contributed by atoms with Crippen molar-refractivity contribution in [3.63, 3.8) is 0 Å². The Bertz CT molecular complexity index is 505. The van der Waals surface area contributed by atoms with Gasteiger partial charge in [-0.2, -0.15) is 5.26 Å². The summed E-state index contributed by atoms with van der Waals surface area (Å²) in [5, 5.41) is 9.83. The van der Waals surface area contributed by atoms with Gasteiger partial charge in [-0.15, -0.1) is 11.8 Å². The first-order valence-corrected chi connectivity index (χ1v) is 5.76. The van der Waals surface area contributed by atoms with Gasteiger partial charge >= 0.3 is 0 Å². The lowest BCUT2D eigenvalue weighted by Gasteiger charge is -2.01. The first kappa shape index (κ1) is 10.7. The molecule has 0 unspecified atom stereocenters. The summed E-state index contributed by atoms with van der Waals surface area (Å²) in [4.78, 5) is 8.22. The highest BCUT2D eigenvalue weighted by molar-refractivity contribution is 7.98. The molecule has 4 heteroatoms. The smallest absolute Gasteiger partial charge is 0.144 e. The van der Waals surface area contributed by atoms with Gasteiger partial charge in [0.05, 0.1) is 5.03 Å². The van der Waals surface area contributed by atoms with Crippen LogP contribution in [0.25, 0.3) is 0 Å². The highest BCUT2D eigenvalue weighted by atomic mass is 32.2. The molecule has 16 heavy (non-hydrogen) atoms. The minimum Gasteiger partial charge on any atom is -0.250 e. The van der Waals surface area contributed by atoms with E-state index in [0.29, 0.717) is 11.4 Å². The number of aromatic nitrogens is 2. The summed E-state index contributed by atoms with van der Waals surface area (Å²) in [5.74, 6) is 0.716. The van der Waals surface area contributed by atoms with Crippen molar-refractivity contribution in [1.82, 2.24) is 9.97 Å². The van der Waals surface area contributed by atoms with Crippen LogP contribution in [0, 0.1) is 11.3 Å². The molecule has 2 aromatic rings. The fourth-order valence-corrected chi connectivity index (χ4v) is 2.09. The van der Waals surface area contributed by atoms with Crippen molar-refractivity contribution in [2.24, 2.45) is 0 Å². The molecule has 0 fully saturated rings. The van der Waals surface area contributed by atoms with Gasteiger partial charge < -0.3 is 0 Å². The number of hydrogen-bond acceptors (Lipinski definition) is 4. The minimum atomic E-state index is 0.492. The predicted octanol–water partition coefficient (Wildman–Crippen LogP) is 2.64. The van der Waals surface area contributed by atoms with Crippen LogP contribution in [0.1, 0.15) is 11.3 Å². The van der Waals surface area contributed by atoms with Crippen LogP contribution in [0.4, 0.5) is 0 Å². The molecule has 3 nitrogen and oxygen atoms in total. The van der Waals surface area contributed by atoms with Crippen molar-refractivity contribution in [2.75, 3.05) is 0 Å². The number of nitrogens with zero attached hydrogens (tertiary/aromatic N) is 3. The van der Waals surface area contributed by atoms with Crippen molar-refractivity contribution in [3.8, 4) is 6.07 Å². The van der Waals surface area contributed by atoms with E-state index in [1.165, 1.54) is 0 Å². The molecule has 2 heterocycles. The fourth-order valence-electron chi connectivity index (χ4n) is 1.24. The second-order valence-electron chi connectivity index (χ2n) is 3.08. The van der Waals surface area contributed by atoms with Crippen molar-refractivity contribution >= 4 is 11.8 Å². The van der Waals surface area contributed by atoms with Crippen LogP contribution < -0.4 is 0 Å². The van der Waals surface area contributed by atoms with Gasteiger partial charge in [-0.3, -0.25) is 0 Å². The number of nitriles is 1. The van der Waals surface area contributed by atoms with E-state index in [0.717, 1.165) is 10.6 Å². The molecule has 2 rings (SSSR count). The van der Waals surface area contributed by atoms with Crippen molar-refractivity contribution in [2.45, 2.75) is 10.8 Å². The zero-order chi connectivity index (χ0) is 11.2. The molecule has 0 spiro atoms. The van der Waals surface area contributed by atoms with Gasteiger partial charge in [-0.05, 0) is 23.8 Å². The molecule has 2 aromatic heterocycles. The summed E-state index contributed by atoms with van der Waals surface area (Å²) in [6.45, 7) is 0. The summed E-state index contributed by atoms with van der Waals surface area (Å²) < 4.78 is 0. The van der Waals surface area contributed by atoms with Crippen LogP contribution in [-0.2, 0) is 5.75 Å². The molecule has 0 radical (unpaired) electrons. The normalized spacial score (nSPS) is 9.69. The second-order valence-corrected chi connectivity index (χ2v) is 4.08. The Morgan fingerprint density at radius 2 is 2.00 bits per heavy atom. The zero-order valence-electron chi connectivity index (χ0n) is 8.50. The molecule has 0 aliphatic carbocycles. The molecule has 0 saturated heterocycles. The largest absolute Gasteiger partial charge is 0.250 e. The number of hydrogen-bond donors (Lipinski definition) is 0. The Kier molecular flexibility index (Phi) is 3.52. The summed E-state index contributed by atoms with van der Waals surface area (Å²) in [7, 11) is 0. The Labute approximate surface area is 98.2 Å². The fraction of sp³-hybridized carbons (Fsp3) is 0.0833. The van der Waals surface area contributed by atoms with Gasteiger partial charge in [0.15, 0.2) is 0 Å². The average molecular weight is 227 g/mol. The van der Waals surface area contributed by atoms with Crippen LogP contribution in [0.3, 0.4) is 0 Å². The van der Waals surface area contributed by atoms with E-state index in [1.54, 1.807) is 24.2 Å². The molecule has 0 N–H and O–H groups in total. The number of pyridine rings is 2. The number of thioether (sulfide) groups is 1. The van der Waals surface area contributed by atoms with E-state index in [2.05, 4.69) is 16.0 Å². The molecule has 78 valence electrons. The lowest BCUT2D eigenvalue weighted by Crippen LogP contribution is -1.90. The topological polar surface area (TPSA) is 49.6 Å². The van der Waals surface area contributed by atoms with E-state index in [9.17, 15) is 0 Å². The van der Waals surface area contributed by atoms with Gasteiger partial charge in [0.2, 0.25) is 0 Å². The Hall–Kier alpha value is -1.86. The van der Waals surface area contributed by atoms with Gasteiger partial charge in [0, 0.05) is 18.1 Å². The monoisotopic (exact) mass is 227 g/mol. The average Bonchev–Trinajstić information content (AvgIpc) is 2.38. The third kappa shape index (κ3) is 2.59. The number of rotatable bonds is 3. The van der Waals surface area contributed by atoms with Gasteiger partial charge in [-0.1, -0.05) is 12.1 Å². The predicted molar refractivity (Wildman–Crippen MR) is 62.8 cm³/mol. The lowest BCUT2D eigenvalue weighted by atomic mass is 10.2. The Morgan fingerprint density at radius 1 is 1.12 bits per heavy atom. The molecule has 0 aromatic carbocycles. The van der Waals surface area contributed by atoms with Crippen LogP contribution in [-0.4, -0.2) is 9.97 Å². The summed E-state index contributed by atoms with van der Waals surface area (Å²) in [5.41, 5.74) is 1.44. The van der Waals surface area contributed by atoms with E-state index in [-0.39, 0.29) is 0 Å². The molecule has 0 bridgehead atoms. The van der Waals surface area contributed by atoms with Crippen molar-refractivity contribution in [1.29, 1.82) is 5.26 Å². The zero-order valence-corrected chi connectivity index (χ0v) is 9.31. The van der Waals surface area contributed by atoms with Gasteiger partial charge in [0.1, 0.15) is 11.8 Å². The molecule has 0 saturated carbocycles. The maximum atomic E-state index is 8.88. The standard InChI is InChI=1S/C12H9N3S/c13-8-11-10(4-3-7-14-11)9-16-12-5-1-2-6-15-12/h1-7H,9H2. The first-order chi connectivity index (χ1) is 7.90. The highest BCUT2D eigenvalue weighted by Gasteiger charge is 2.03. The van der Waals surface area contributed by atoms with Crippen molar-refractivity contribution < 1.29 is 0 Å². The summed E-state index contributed by atoms with van der Waals surface area (Å²) in [6, 6.07) is 11.6. The molecule has 0 aliphatic heterocycles. The lowest BCUT2D eigenvalue weighted by molar-refractivity contribution is 1.13. The Morgan fingerprint density at radius 3 is 2.75 bits per heavy atom. The molecular weight excluding hydrogens is 218 g/mol. The molecular formula is C12H9N3S.